The number of ether oxygens (including phenoxy) is 1. The van der Waals surface area contributed by atoms with E-state index in [9.17, 15) is 9.59 Å². The maximum absolute atomic E-state index is 13.4. The Kier molecular flexibility index (Phi) is 10.9. The number of nitrogens with one attached hydrogen (secondary N) is 1. The quantitative estimate of drug-likeness (QED) is 0.326. The summed E-state index contributed by atoms with van der Waals surface area (Å²) in [5.41, 5.74) is 1.72. The van der Waals surface area contributed by atoms with E-state index in [2.05, 4.69) is 42.0 Å². The Morgan fingerprint density at radius 1 is 1.11 bits per heavy atom. The van der Waals surface area contributed by atoms with E-state index >= 15 is 0 Å². The molecule has 35 heavy (non-hydrogen) atoms. The molecule has 1 atom stereocenters. The molecule has 1 unspecified atom stereocenters. The largest absolute Gasteiger partial charge is 0.483 e. The molecule has 5 nitrogen and oxygen atoms in total. The molecule has 0 radical (unpaired) electrons. The van der Waals surface area contributed by atoms with Gasteiger partial charge in [0.05, 0.1) is 4.47 Å². The van der Waals surface area contributed by atoms with Crippen LogP contribution >= 0.6 is 39.1 Å². The van der Waals surface area contributed by atoms with Crippen LogP contribution in [-0.2, 0) is 21.5 Å². The molecule has 2 aromatic carbocycles. The third-order valence-corrected chi connectivity index (χ3v) is 6.94. The van der Waals surface area contributed by atoms with Crippen molar-refractivity contribution < 1.29 is 14.3 Å². The first kappa shape index (κ1) is 29.5. The summed E-state index contributed by atoms with van der Waals surface area (Å²) < 4.78 is 6.65. The smallest absolute Gasteiger partial charge is 0.261 e. The van der Waals surface area contributed by atoms with Gasteiger partial charge in [-0.2, -0.15) is 0 Å². The van der Waals surface area contributed by atoms with Gasteiger partial charge in [-0.05, 0) is 63.5 Å². The zero-order valence-electron chi connectivity index (χ0n) is 21.3. The summed E-state index contributed by atoms with van der Waals surface area (Å²) in [6.07, 6.45) is 0.432. The van der Waals surface area contributed by atoms with Gasteiger partial charge in [0.15, 0.2) is 6.61 Å². The van der Waals surface area contributed by atoms with Crippen molar-refractivity contribution in [3.05, 3.63) is 62.0 Å². The molecule has 192 valence electrons. The number of carbonyl (C=O) groups excluding carboxylic acids is 2. The van der Waals surface area contributed by atoms with Crippen LogP contribution in [0.3, 0.4) is 0 Å². The molecule has 2 aromatic rings. The minimum Gasteiger partial charge on any atom is -0.483 e. The number of halogens is 3. The molecule has 0 heterocycles. The van der Waals surface area contributed by atoms with Crippen LogP contribution in [0.4, 0.5) is 0 Å². The van der Waals surface area contributed by atoms with Crippen LogP contribution in [0.2, 0.25) is 10.0 Å². The van der Waals surface area contributed by atoms with Crippen LogP contribution in [0.25, 0.3) is 0 Å². The van der Waals surface area contributed by atoms with Crippen LogP contribution < -0.4 is 10.1 Å². The van der Waals surface area contributed by atoms with E-state index in [4.69, 9.17) is 27.9 Å². The van der Waals surface area contributed by atoms with Gasteiger partial charge in [-0.3, -0.25) is 9.59 Å². The summed E-state index contributed by atoms with van der Waals surface area (Å²) in [5.74, 6) is 0.294. The molecule has 2 amide bonds. The van der Waals surface area contributed by atoms with Crippen LogP contribution in [0.5, 0.6) is 5.75 Å². The van der Waals surface area contributed by atoms with Crippen molar-refractivity contribution in [2.75, 3.05) is 13.2 Å². The maximum atomic E-state index is 13.4. The van der Waals surface area contributed by atoms with Crippen molar-refractivity contribution in [3.8, 4) is 5.75 Å². The summed E-state index contributed by atoms with van der Waals surface area (Å²) in [7, 11) is 0. The maximum Gasteiger partial charge on any atom is 0.261 e. The molecule has 0 bridgehead atoms. The third kappa shape index (κ3) is 8.40. The van der Waals surface area contributed by atoms with Crippen LogP contribution in [-0.4, -0.2) is 35.9 Å². The van der Waals surface area contributed by atoms with Crippen molar-refractivity contribution in [2.24, 2.45) is 5.92 Å². The van der Waals surface area contributed by atoms with Crippen molar-refractivity contribution in [1.82, 2.24) is 10.2 Å². The van der Waals surface area contributed by atoms with Crippen molar-refractivity contribution in [1.29, 1.82) is 0 Å². The number of hydrogen-bond acceptors (Lipinski definition) is 3. The standard InChI is InChI=1S/C27H35BrCl2N2O3/c1-7-23(26(34)31-14-17(2)3)32(15-19-21(29)9-8-10-22(19)30)25(33)16-35-24-12-11-18(13-20(24)28)27(4,5)6/h8-13,17,23H,7,14-16H2,1-6H3,(H,31,34). The molecule has 0 aliphatic carbocycles. The van der Waals surface area contributed by atoms with Crippen LogP contribution in [0.15, 0.2) is 40.9 Å². The Morgan fingerprint density at radius 2 is 1.74 bits per heavy atom. The van der Waals surface area contributed by atoms with Gasteiger partial charge in [0, 0.05) is 28.7 Å². The summed E-state index contributed by atoms with van der Waals surface area (Å²) in [4.78, 5) is 28.0. The average molecular weight is 586 g/mol. The minimum absolute atomic E-state index is 0.0143. The summed E-state index contributed by atoms with van der Waals surface area (Å²) in [6.45, 7) is 12.7. The highest BCUT2D eigenvalue weighted by atomic mass is 79.9. The second-order valence-electron chi connectivity index (χ2n) is 9.97. The second kappa shape index (κ2) is 13.0. The Hall–Kier alpha value is -1.76. The second-order valence-corrected chi connectivity index (χ2v) is 11.6. The molecule has 0 aliphatic heterocycles. The van der Waals surface area contributed by atoms with E-state index in [1.807, 2.05) is 39.0 Å². The van der Waals surface area contributed by atoms with Crippen molar-refractivity contribution >= 4 is 50.9 Å². The van der Waals surface area contributed by atoms with Crippen molar-refractivity contribution in [2.45, 2.75) is 66.0 Å². The van der Waals surface area contributed by atoms with Crippen molar-refractivity contribution in [3.63, 3.8) is 0 Å². The van der Waals surface area contributed by atoms with Gasteiger partial charge in [0.1, 0.15) is 11.8 Å². The molecule has 0 spiro atoms. The monoisotopic (exact) mass is 584 g/mol. The van der Waals surface area contributed by atoms with Gasteiger partial charge in [0.25, 0.3) is 5.91 Å². The van der Waals surface area contributed by atoms with Gasteiger partial charge in [-0.15, -0.1) is 0 Å². The zero-order valence-corrected chi connectivity index (χ0v) is 24.4. The zero-order chi connectivity index (χ0) is 26.3. The molecule has 0 aliphatic rings. The number of rotatable bonds is 10. The predicted molar refractivity (Wildman–Crippen MR) is 147 cm³/mol. The van der Waals surface area contributed by atoms with E-state index in [0.29, 0.717) is 34.3 Å². The number of amides is 2. The molecule has 0 fully saturated rings. The molecule has 0 saturated carbocycles. The van der Waals surface area contributed by atoms with E-state index in [1.165, 1.54) is 4.90 Å². The Morgan fingerprint density at radius 3 is 2.26 bits per heavy atom. The van der Waals surface area contributed by atoms with Gasteiger partial charge in [-0.1, -0.05) is 76.9 Å². The Bertz CT molecular complexity index is 1020. The number of benzene rings is 2. The van der Waals surface area contributed by atoms with Gasteiger partial charge < -0.3 is 15.0 Å². The summed E-state index contributed by atoms with van der Waals surface area (Å²) in [6, 6.07) is 10.3. The fourth-order valence-corrected chi connectivity index (χ4v) is 4.51. The van der Waals surface area contributed by atoms with Gasteiger partial charge in [-0.25, -0.2) is 0 Å². The Balaban J connectivity index is 2.29. The first-order valence-electron chi connectivity index (χ1n) is 11.8. The lowest BCUT2D eigenvalue weighted by molar-refractivity contribution is -0.143. The van der Waals surface area contributed by atoms with Crippen LogP contribution in [0, 0.1) is 5.92 Å². The average Bonchev–Trinajstić information content (AvgIpc) is 2.77. The molecule has 2 rings (SSSR count). The minimum atomic E-state index is -0.691. The van der Waals surface area contributed by atoms with E-state index in [1.54, 1.807) is 18.2 Å². The normalized spacial score (nSPS) is 12.4. The summed E-state index contributed by atoms with van der Waals surface area (Å²) >= 11 is 16.3. The first-order chi connectivity index (χ1) is 16.3. The highest BCUT2D eigenvalue weighted by molar-refractivity contribution is 9.10. The SMILES string of the molecule is CCC(C(=O)NCC(C)C)N(Cc1c(Cl)cccc1Cl)C(=O)COc1ccc(C(C)(C)C)cc1Br. The first-order valence-corrected chi connectivity index (χ1v) is 13.3. The molecule has 1 N–H and O–H groups in total. The van der Waals surface area contributed by atoms with E-state index in [0.717, 1.165) is 10.0 Å². The van der Waals surface area contributed by atoms with E-state index in [-0.39, 0.29) is 36.3 Å². The molecule has 0 saturated heterocycles. The molecule has 0 aromatic heterocycles. The third-order valence-electron chi connectivity index (χ3n) is 5.61. The van der Waals surface area contributed by atoms with Crippen LogP contribution in [0.1, 0.15) is 59.1 Å². The highest BCUT2D eigenvalue weighted by Crippen LogP contribution is 2.32. The number of nitrogens with zero attached hydrogens (tertiary/aromatic N) is 1. The lowest BCUT2D eigenvalue weighted by Gasteiger charge is -2.31. The molecular formula is C27H35BrCl2N2O3. The topological polar surface area (TPSA) is 58.6 Å². The van der Waals surface area contributed by atoms with E-state index < -0.39 is 6.04 Å². The highest BCUT2D eigenvalue weighted by Gasteiger charge is 2.30. The number of hydrogen-bond donors (Lipinski definition) is 1. The fraction of sp³-hybridized carbons (Fsp3) is 0.481. The number of carbonyl (C=O) groups is 2. The predicted octanol–water partition coefficient (Wildman–Crippen LogP) is 7.01. The lowest BCUT2D eigenvalue weighted by Crippen LogP contribution is -2.50. The summed E-state index contributed by atoms with van der Waals surface area (Å²) in [5, 5.41) is 3.82. The lowest BCUT2D eigenvalue weighted by atomic mass is 9.87. The molecular weight excluding hydrogens is 551 g/mol. The fourth-order valence-electron chi connectivity index (χ4n) is 3.50. The van der Waals surface area contributed by atoms with Gasteiger partial charge >= 0.3 is 0 Å². The van der Waals surface area contributed by atoms with Gasteiger partial charge in [0.2, 0.25) is 5.91 Å². The Labute approximate surface area is 227 Å². The molecule has 8 heteroatoms.